The van der Waals surface area contributed by atoms with Gasteiger partial charge in [0.15, 0.2) is 38.9 Å². The van der Waals surface area contributed by atoms with E-state index in [0.29, 0.717) is 87.9 Å². The van der Waals surface area contributed by atoms with E-state index in [1.807, 2.05) is 105 Å². The second-order valence-electron chi connectivity index (χ2n) is 35.5. The molecule has 0 bridgehead atoms. The number of phenols is 1. The molecular weight excluding hydrogens is 2020 g/mol. The minimum Gasteiger partial charge on any atom is -0.508 e. The number of hydrogen-bond acceptors (Lipinski definition) is 28. The average Bonchev–Trinajstić information content (AvgIpc) is 1.41. The highest BCUT2D eigenvalue weighted by molar-refractivity contribution is 7.93. The van der Waals surface area contributed by atoms with Crippen molar-refractivity contribution in [2.45, 2.75) is 130 Å². The van der Waals surface area contributed by atoms with E-state index in [1.165, 1.54) is 128 Å². The van der Waals surface area contributed by atoms with Crippen LogP contribution in [0.3, 0.4) is 0 Å². The lowest BCUT2D eigenvalue weighted by Crippen LogP contribution is -2.39. The van der Waals surface area contributed by atoms with Gasteiger partial charge >= 0.3 is 12.2 Å². The van der Waals surface area contributed by atoms with Gasteiger partial charge in [-0.15, -0.1) is 15.3 Å². The van der Waals surface area contributed by atoms with E-state index in [-0.39, 0.29) is 111 Å². The molecule has 0 radical (unpaired) electrons. The molecule has 0 aliphatic heterocycles. The summed E-state index contributed by atoms with van der Waals surface area (Å²) in [5.74, 6) is -0.818. The summed E-state index contributed by atoms with van der Waals surface area (Å²) in [6.45, 7) is 7.92. The SMILES string of the molecule is CC(=O)C(Oc1ccc(COC(=O)N(c2ccc(/C=C(\C#N)c3nc4cc(C)ccc4o3)c(C)c2)C2CCCC2)cc1NS(=O)(=O)c1ccc(NS(C)(=O)=O)c2ccccc12)C(=O)Nc1cc(Cc2cccc3ccccc23)ccc1Cl.COc1cc(N=Nc2ccc([N+](=O)[O-])cc2S(C)(=O)=O)ccc1N(C)C(=O)Oc1c(C)[nH]n2c(CCCc3ccc(NC(=O)C(C)Oc4ccc(S(=O)(=O)c5ccc(O)cc5)cc4)cc3)nnc12. The van der Waals surface area contributed by atoms with Gasteiger partial charge in [0.25, 0.3) is 27.5 Å². The number of Topliss-reactive ketones (excluding diaryl/α,β-unsaturated/α-hetero) is 1. The summed E-state index contributed by atoms with van der Waals surface area (Å²) in [5, 5.41) is 59.0. The zero-order valence-corrected chi connectivity index (χ0v) is 86.0. The van der Waals surface area contributed by atoms with Crippen LogP contribution in [0, 0.1) is 42.2 Å². The Kier molecular flexibility index (Phi) is 31.7. The number of nitriles is 1. The highest BCUT2D eigenvalue weighted by Crippen LogP contribution is 2.41. The number of nitrogens with one attached hydrogen (secondary N) is 5. The van der Waals surface area contributed by atoms with Gasteiger partial charge in [-0.1, -0.05) is 128 Å². The van der Waals surface area contributed by atoms with Crippen LogP contribution in [0.25, 0.3) is 49.9 Å². The third-order valence-corrected chi connectivity index (χ3v) is 29.8. The molecule has 4 amide bonds. The number of nitro benzene ring substituents is 1. The number of halogens is 1. The fraction of sp³-hybridized carbons (Fsp3) is 0.194. The largest absolute Gasteiger partial charge is 0.508 e. The normalized spacial score (nSPS) is 12.8. The number of aromatic nitrogens is 5. The first-order chi connectivity index (χ1) is 71.6. The molecule has 42 heteroatoms. The maximum Gasteiger partial charge on any atom is 0.419 e. The monoisotopic (exact) mass is 2120 g/mol. The third kappa shape index (κ3) is 24.8. The van der Waals surface area contributed by atoms with E-state index in [9.17, 15) is 78.1 Å². The average molecular weight is 2120 g/mol. The van der Waals surface area contributed by atoms with Gasteiger partial charge in [-0.2, -0.15) is 10.4 Å². The Labute approximate surface area is 866 Å². The van der Waals surface area contributed by atoms with Gasteiger partial charge in [0.05, 0.1) is 72.1 Å². The second kappa shape index (κ2) is 45.0. The summed E-state index contributed by atoms with van der Waals surface area (Å²) in [5.41, 5.74) is 9.18. The van der Waals surface area contributed by atoms with Gasteiger partial charge in [0, 0.05) is 66.1 Å². The van der Waals surface area contributed by atoms with Crippen LogP contribution in [0.5, 0.6) is 28.7 Å². The molecule has 13 aromatic carbocycles. The van der Waals surface area contributed by atoms with Crippen LogP contribution >= 0.6 is 11.6 Å². The molecule has 6 N–H and O–H groups in total. The van der Waals surface area contributed by atoms with Gasteiger partial charge < -0.3 is 43.8 Å². The Hall–Kier alpha value is -17.2. The van der Waals surface area contributed by atoms with Crippen molar-refractivity contribution in [3.63, 3.8) is 0 Å². The van der Waals surface area contributed by atoms with E-state index < -0.39 is 92.3 Å². The highest BCUT2D eigenvalue weighted by atomic mass is 35.5. The number of nitrogens with zero attached hydrogens (tertiary/aromatic N) is 10. The minimum atomic E-state index is -4.60. The van der Waals surface area contributed by atoms with Gasteiger partial charge in [0.1, 0.15) is 57.3 Å². The molecule has 2 atom stereocenters. The zero-order valence-electron chi connectivity index (χ0n) is 82.0. The smallest absolute Gasteiger partial charge is 0.419 e. The van der Waals surface area contributed by atoms with Crippen molar-refractivity contribution < 1.29 is 95.8 Å². The maximum atomic E-state index is 14.7. The number of carbonyl (C=O) groups is 5. The molecule has 37 nitrogen and oxygen atoms in total. The lowest BCUT2D eigenvalue weighted by atomic mass is 9.98. The van der Waals surface area contributed by atoms with Crippen LogP contribution in [-0.4, -0.2) is 143 Å². The number of sulfonamides is 2. The summed E-state index contributed by atoms with van der Waals surface area (Å²) >= 11 is 6.64. The van der Waals surface area contributed by atoms with Crippen molar-refractivity contribution in [2.24, 2.45) is 10.2 Å². The number of ketones is 1. The number of aromatic hydroxyl groups is 1. The number of carbonyl (C=O) groups excluding carboxylic acids is 5. The first-order valence-corrected chi connectivity index (χ1v) is 53.9. The van der Waals surface area contributed by atoms with Crippen molar-refractivity contribution in [3.05, 3.63) is 332 Å². The summed E-state index contributed by atoms with van der Waals surface area (Å²) in [6.07, 6.45) is 5.02. The molecule has 1 aliphatic rings. The number of aromatic amines is 1. The van der Waals surface area contributed by atoms with Crippen molar-refractivity contribution in [1.82, 2.24) is 24.8 Å². The van der Waals surface area contributed by atoms with E-state index >= 15 is 0 Å². The number of ether oxygens (including phenoxy) is 5. The number of allylic oxidation sites excluding steroid dienone is 1. The zero-order chi connectivity index (χ0) is 107. The second-order valence-corrected chi connectivity index (χ2v) is 43.3. The number of anilines is 6. The Bertz CT molecular complexity index is 8580. The van der Waals surface area contributed by atoms with Gasteiger partial charge in [-0.25, -0.2) is 52.8 Å². The number of aryl methyl sites for hydroxylation is 5. The van der Waals surface area contributed by atoms with Crippen LogP contribution in [0.2, 0.25) is 5.02 Å². The van der Waals surface area contributed by atoms with Crippen LogP contribution < -0.4 is 48.8 Å². The van der Waals surface area contributed by atoms with Crippen molar-refractivity contribution in [1.29, 1.82) is 5.26 Å². The lowest BCUT2D eigenvalue weighted by molar-refractivity contribution is -0.385. The first-order valence-electron chi connectivity index (χ1n) is 46.7. The Morgan fingerprint density at radius 1 is 0.680 bits per heavy atom. The third-order valence-electron chi connectivity index (χ3n) is 24.6. The van der Waals surface area contributed by atoms with Crippen molar-refractivity contribution in [3.8, 4) is 34.8 Å². The number of benzene rings is 13. The molecular formula is C108H98ClN15O22S4. The lowest BCUT2D eigenvalue weighted by Gasteiger charge is -2.29. The first kappa shape index (κ1) is 106. The van der Waals surface area contributed by atoms with Crippen LogP contribution in [0.4, 0.5) is 60.8 Å². The Morgan fingerprint density at radius 3 is 2.07 bits per heavy atom. The fourth-order valence-electron chi connectivity index (χ4n) is 17.0. The van der Waals surface area contributed by atoms with Gasteiger partial charge in [-0.3, -0.25) is 48.8 Å². The Balaban J connectivity index is 0.000000217. The molecule has 16 aromatic rings. The number of fused-ring (bicyclic) bond motifs is 4. The number of H-pyrrole nitrogens is 1. The molecule has 3 aromatic heterocycles. The molecule has 0 saturated heterocycles. The minimum absolute atomic E-state index is 0.0314. The Morgan fingerprint density at radius 2 is 1.37 bits per heavy atom. The molecule has 150 heavy (non-hydrogen) atoms. The molecule has 3 heterocycles. The molecule has 1 saturated carbocycles. The molecule has 1 fully saturated rings. The summed E-state index contributed by atoms with van der Waals surface area (Å²) in [4.78, 5) is 85.8. The van der Waals surface area contributed by atoms with Crippen LogP contribution in [-0.2, 0) is 84.7 Å². The van der Waals surface area contributed by atoms with E-state index in [0.717, 1.165) is 95.8 Å². The van der Waals surface area contributed by atoms with E-state index in [2.05, 4.69) is 56.7 Å². The molecule has 17 rings (SSSR count). The standard InChI is InChI=1S/C63H55ClN6O10S2.C45H43N9O12S2/c1-38-20-27-57-55(30-38)67-62(80-57)46(36-65)35-44-23-24-48(31-39(44)2)70(47-15-6-7-16-47)63(73)78-37-42-22-28-58(56(34-42)69-82(76,77)59-29-26-53(68-81(4,74)75)50-18-9-10-19-51(50)59)79-60(40(3)71)61(72)66-54-33-41(21-25-52(54)64)32-45-14-11-13-43-12-5-8-17-49(43)45;1-27-42(66-45(57)52(3)38-24-13-31(25-39(38)64-4)47-48-37-23-14-32(54(58)59)26-40(37)67(5,60)61)43-50-49-41(53(43)51-27)8-6-7-29-9-11-30(12-10-29)46-44(56)28(2)65-34-17-21-36(22-18-34)68(62,63)35-19-15-33(55)16-20-35/h5,8-14,17-31,33-35,47,60,68-69H,6-7,15-16,32,37H2,1-4H3,(H,66,72);9-26,28,51,55H,6-8H2,1-5H3,(H,46,56)/b46-35+;. The summed E-state index contributed by atoms with van der Waals surface area (Å²) in [6, 6.07) is 71.4. The van der Waals surface area contributed by atoms with Crippen molar-refractivity contribution >= 4 is 182 Å². The number of phenolic OH excluding ortho intramolecular Hbond substituents is 1. The topological polar surface area (TPSA) is 507 Å². The van der Waals surface area contributed by atoms with E-state index in [1.54, 1.807) is 77.9 Å². The van der Waals surface area contributed by atoms with Crippen LogP contribution in [0.15, 0.2) is 295 Å². The number of oxazole rings is 1. The number of nitro groups is 1. The number of azo groups is 1. The van der Waals surface area contributed by atoms with Gasteiger partial charge in [-0.05, 0) is 262 Å². The molecule has 2 unspecified atom stereocenters. The maximum absolute atomic E-state index is 14.7. The van der Waals surface area contributed by atoms with E-state index in [4.69, 9.17) is 39.7 Å². The van der Waals surface area contributed by atoms with Gasteiger partial charge in [0.2, 0.25) is 37.5 Å². The van der Waals surface area contributed by atoms with Crippen LogP contribution in [0.1, 0.15) is 102 Å². The number of non-ortho nitro benzene ring substituents is 1. The van der Waals surface area contributed by atoms with Crippen molar-refractivity contribution in [2.75, 3.05) is 56.5 Å². The number of amides is 4. The summed E-state index contributed by atoms with van der Waals surface area (Å²) < 4.78 is 146. The fourth-order valence-corrected chi connectivity index (χ4v) is 21.1. The number of methoxy groups -OCH3 is 1. The number of rotatable bonds is 35. The molecule has 768 valence electrons. The number of hydrogen-bond donors (Lipinski definition) is 6. The quantitative estimate of drug-likeness (QED) is 0.00706. The molecule has 1 aliphatic carbocycles. The summed E-state index contributed by atoms with van der Waals surface area (Å²) in [7, 11) is -13.2. The molecule has 0 spiro atoms. The highest BCUT2D eigenvalue weighted by Gasteiger charge is 2.34. The predicted molar refractivity (Wildman–Crippen MR) is 567 cm³/mol. The predicted octanol–water partition coefficient (Wildman–Crippen LogP) is 21.1. The number of sulfone groups is 2.